The Hall–Kier alpha value is -0.380. The summed E-state index contributed by atoms with van der Waals surface area (Å²) in [6.45, 7) is 6.92. The van der Waals surface area contributed by atoms with E-state index >= 15 is 0 Å². The van der Waals surface area contributed by atoms with Gasteiger partial charge in [-0.05, 0) is 26.0 Å². The Morgan fingerprint density at radius 3 is 2.68 bits per heavy atom. The third-order valence-corrected chi connectivity index (χ3v) is 3.90. The summed E-state index contributed by atoms with van der Waals surface area (Å²) in [5.74, 6) is 0.811. The monoisotopic (exact) mass is 441 g/mol. The van der Waals surface area contributed by atoms with Crippen LogP contribution in [0.15, 0.2) is 17.1 Å². The van der Waals surface area contributed by atoms with Gasteiger partial charge < -0.3 is 20.1 Å². The molecule has 7 heteroatoms. The third-order valence-electron chi connectivity index (χ3n) is 2.88. The zero-order valence-electron chi connectivity index (χ0n) is 13.8. The van der Waals surface area contributed by atoms with Crippen LogP contribution in [0.1, 0.15) is 16.7 Å². The molecular weight excluding hydrogens is 413 g/mol. The fourth-order valence-corrected chi connectivity index (χ4v) is 2.88. The highest BCUT2D eigenvalue weighted by atomic mass is 127. The van der Waals surface area contributed by atoms with Crippen molar-refractivity contribution >= 4 is 41.3 Å². The normalized spacial score (nSPS) is 12.6. The van der Waals surface area contributed by atoms with E-state index in [0.717, 1.165) is 18.9 Å². The molecule has 1 heterocycles. The van der Waals surface area contributed by atoms with Gasteiger partial charge in [-0.3, -0.25) is 4.99 Å². The predicted molar refractivity (Wildman–Crippen MR) is 105 cm³/mol. The van der Waals surface area contributed by atoms with Crippen molar-refractivity contribution in [2.24, 2.45) is 4.99 Å². The SMILES string of the molecule is CN=C(NCCOCCOC)NC(C)Cc1ccc(C)s1.I. The molecule has 2 N–H and O–H groups in total. The number of nitrogens with one attached hydrogen (secondary N) is 2. The molecule has 0 saturated heterocycles. The molecule has 1 aromatic rings. The molecule has 5 nitrogen and oxygen atoms in total. The Morgan fingerprint density at radius 2 is 2.09 bits per heavy atom. The molecule has 128 valence electrons. The van der Waals surface area contributed by atoms with Crippen molar-refractivity contribution in [1.29, 1.82) is 0 Å². The Balaban J connectivity index is 0.00000441. The molecule has 0 saturated carbocycles. The average molecular weight is 441 g/mol. The second kappa shape index (κ2) is 13.1. The summed E-state index contributed by atoms with van der Waals surface area (Å²) in [6.07, 6.45) is 1.00. The van der Waals surface area contributed by atoms with Gasteiger partial charge in [0.2, 0.25) is 0 Å². The molecule has 0 aliphatic carbocycles. The lowest BCUT2D eigenvalue weighted by atomic mass is 10.2. The van der Waals surface area contributed by atoms with Crippen molar-refractivity contribution < 1.29 is 9.47 Å². The molecule has 0 amide bonds. The van der Waals surface area contributed by atoms with Crippen molar-refractivity contribution in [3.05, 3.63) is 21.9 Å². The Kier molecular flexibility index (Phi) is 12.9. The summed E-state index contributed by atoms with van der Waals surface area (Å²) in [5, 5.41) is 6.64. The highest BCUT2D eigenvalue weighted by Crippen LogP contribution is 2.16. The standard InChI is InChI=1S/C15H27N3O2S.HI/c1-12(11-14-6-5-13(2)21-14)18-15(16-3)17-7-8-20-10-9-19-4;/h5-6,12H,7-11H2,1-4H3,(H2,16,17,18);1H. The van der Waals surface area contributed by atoms with Crippen LogP contribution in [-0.2, 0) is 15.9 Å². The summed E-state index contributed by atoms with van der Waals surface area (Å²) in [7, 11) is 3.45. The fraction of sp³-hybridized carbons (Fsp3) is 0.667. The number of hydrogen-bond acceptors (Lipinski definition) is 4. The topological polar surface area (TPSA) is 54.9 Å². The van der Waals surface area contributed by atoms with E-state index in [-0.39, 0.29) is 24.0 Å². The van der Waals surface area contributed by atoms with Gasteiger partial charge in [-0.25, -0.2) is 0 Å². The smallest absolute Gasteiger partial charge is 0.191 e. The van der Waals surface area contributed by atoms with Crippen LogP contribution in [0.3, 0.4) is 0 Å². The van der Waals surface area contributed by atoms with Gasteiger partial charge >= 0.3 is 0 Å². The van der Waals surface area contributed by atoms with E-state index < -0.39 is 0 Å². The number of rotatable bonds is 9. The summed E-state index contributed by atoms with van der Waals surface area (Å²) < 4.78 is 10.3. The van der Waals surface area contributed by atoms with Crippen molar-refractivity contribution in [2.75, 3.05) is 40.5 Å². The van der Waals surface area contributed by atoms with Crippen LogP contribution in [0.25, 0.3) is 0 Å². The van der Waals surface area contributed by atoms with Crippen LogP contribution < -0.4 is 10.6 Å². The molecular formula is C15H28IN3O2S. The molecule has 0 aliphatic rings. The van der Waals surface area contributed by atoms with Crippen LogP contribution in [0.4, 0.5) is 0 Å². The number of aliphatic imine (C=N–C) groups is 1. The Labute approximate surface area is 154 Å². The van der Waals surface area contributed by atoms with Gasteiger partial charge in [0.25, 0.3) is 0 Å². The summed E-state index contributed by atoms with van der Waals surface area (Å²) in [6, 6.07) is 4.69. The molecule has 0 bridgehead atoms. The molecule has 1 unspecified atom stereocenters. The van der Waals surface area contributed by atoms with Gasteiger partial charge in [0.05, 0.1) is 19.8 Å². The van der Waals surface area contributed by atoms with E-state index in [1.165, 1.54) is 9.75 Å². The number of guanidine groups is 1. The quantitative estimate of drug-likeness (QED) is 0.268. The number of hydrogen-bond donors (Lipinski definition) is 2. The maximum absolute atomic E-state index is 5.40. The third kappa shape index (κ3) is 9.60. The Bertz CT molecular complexity index is 427. The highest BCUT2D eigenvalue weighted by molar-refractivity contribution is 14.0. The Morgan fingerprint density at radius 1 is 1.32 bits per heavy atom. The van der Waals surface area contributed by atoms with Gasteiger partial charge in [0.1, 0.15) is 0 Å². The number of ether oxygens (including phenoxy) is 2. The maximum Gasteiger partial charge on any atom is 0.191 e. The van der Waals surface area contributed by atoms with E-state index in [1.807, 2.05) is 11.3 Å². The van der Waals surface area contributed by atoms with E-state index in [1.54, 1.807) is 14.2 Å². The van der Waals surface area contributed by atoms with Crippen LogP contribution >= 0.6 is 35.3 Å². The maximum atomic E-state index is 5.40. The number of nitrogens with zero attached hydrogens (tertiary/aromatic N) is 1. The van der Waals surface area contributed by atoms with Gasteiger partial charge in [-0.15, -0.1) is 35.3 Å². The van der Waals surface area contributed by atoms with Crippen LogP contribution in [-0.4, -0.2) is 52.5 Å². The molecule has 1 rings (SSSR count). The largest absolute Gasteiger partial charge is 0.382 e. The van der Waals surface area contributed by atoms with Crippen molar-refractivity contribution in [2.45, 2.75) is 26.3 Å². The van der Waals surface area contributed by atoms with E-state index in [2.05, 4.69) is 41.6 Å². The van der Waals surface area contributed by atoms with E-state index in [4.69, 9.17) is 9.47 Å². The molecule has 0 spiro atoms. The number of aryl methyl sites for hydroxylation is 1. The minimum absolute atomic E-state index is 0. The number of thiophene rings is 1. The number of halogens is 1. The second-order valence-electron chi connectivity index (χ2n) is 4.87. The average Bonchev–Trinajstić information content (AvgIpc) is 2.86. The van der Waals surface area contributed by atoms with Gasteiger partial charge in [-0.2, -0.15) is 0 Å². The van der Waals surface area contributed by atoms with Gasteiger partial charge in [-0.1, -0.05) is 0 Å². The van der Waals surface area contributed by atoms with Gasteiger partial charge in [0.15, 0.2) is 5.96 Å². The minimum Gasteiger partial charge on any atom is -0.382 e. The predicted octanol–water partition coefficient (Wildman–Crippen LogP) is 2.43. The zero-order chi connectivity index (χ0) is 15.5. The van der Waals surface area contributed by atoms with E-state index in [0.29, 0.717) is 25.9 Å². The summed E-state index contributed by atoms with van der Waals surface area (Å²) in [5.41, 5.74) is 0. The molecule has 0 aromatic carbocycles. The van der Waals surface area contributed by atoms with Crippen molar-refractivity contribution in [3.8, 4) is 0 Å². The lowest BCUT2D eigenvalue weighted by Crippen LogP contribution is -2.44. The zero-order valence-corrected chi connectivity index (χ0v) is 17.0. The first-order valence-corrected chi connectivity index (χ1v) is 8.06. The lowest BCUT2D eigenvalue weighted by molar-refractivity contribution is 0.0733. The van der Waals surface area contributed by atoms with Gasteiger partial charge in [0, 0.05) is 42.9 Å². The van der Waals surface area contributed by atoms with Crippen LogP contribution in [0, 0.1) is 6.92 Å². The van der Waals surface area contributed by atoms with Crippen molar-refractivity contribution in [1.82, 2.24) is 10.6 Å². The first-order valence-electron chi connectivity index (χ1n) is 7.25. The molecule has 1 aromatic heterocycles. The second-order valence-corrected chi connectivity index (χ2v) is 6.24. The number of methoxy groups -OCH3 is 1. The molecule has 0 radical (unpaired) electrons. The highest BCUT2D eigenvalue weighted by Gasteiger charge is 2.07. The molecule has 22 heavy (non-hydrogen) atoms. The molecule has 0 fully saturated rings. The summed E-state index contributed by atoms with van der Waals surface area (Å²) >= 11 is 1.85. The van der Waals surface area contributed by atoms with Crippen LogP contribution in [0.2, 0.25) is 0 Å². The summed E-state index contributed by atoms with van der Waals surface area (Å²) in [4.78, 5) is 6.98. The lowest BCUT2D eigenvalue weighted by Gasteiger charge is -2.17. The van der Waals surface area contributed by atoms with Crippen LogP contribution in [0.5, 0.6) is 0 Å². The molecule has 1 atom stereocenters. The molecule has 0 aliphatic heterocycles. The fourth-order valence-electron chi connectivity index (χ4n) is 1.86. The first-order chi connectivity index (χ1) is 10.2. The van der Waals surface area contributed by atoms with Crippen molar-refractivity contribution in [3.63, 3.8) is 0 Å². The van der Waals surface area contributed by atoms with E-state index in [9.17, 15) is 0 Å². The minimum atomic E-state index is 0. The first kappa shape index (κ1) is 21.6.